The van der Waals surface area contributed by atoms with E-state index < -0.39 is 5.97 Å². The van der Waals surface area contributed by atoms with Gasteiger partial charge in [0.1, 0.15) is 5.69 Å². The van der Waals surface area contributed by atoms with Crippen LogP contribution in [0.25, 0.3) is 10.9 Å². The van der Waals surface area contributed by atoms with Crippen LogP contribution in [0, 0.1) is 0 Å². The van der Waals surface area contributed by atoms with Gasteiger partial charge in [0.05, 0.1) is 5.52 Å². The first-order valence-electron chi connectivity index (χ1n) is 6.61. The Balaban J connectivity index is 2.00. The highest BCUT2D eigenvalue weighted by molar-refractivity contribution is 8.00. The summed E-state index contributed by atoms with van der Waals surface area (Å²) in [4.78, 5) is 16.4. The SMILES string of the molecule is O=C(O)c1cc(SC2CCOCC2)c2ccccc2n1. The molecule has 3 rings (SSSR count). The van der Waals surface area contributed by atoms with Crippen LogP contribution in [-0.2, 0) is 4.74 Å². The van der Waals surface area contributed by atoms with Crippen molar-refractivity contribution in [2.24, 2.45) is 0 Å². The van der Waals surface area contributed by atoms with Gasteiger partial charge in [-0.2, -0.15) is 0 Å². The van der Waals surface area contributed by atoms with Crippen molar-refractivity contribution < 1.29 is 14.6 Å². The summed E-state index contributed by atoms with van der Waals surface area (Å²) >= 11 is 1.74. The number of ether oxygens (including phenoxy) is 1. The predicted octanol–water partition coefficient (Wildman–Crippen LogP) is 3.20. The second kappa shape index (κ2) is 5.81. The van der Waals surface area contributed by atoms with E-state index in [4.69, 9.17) is 4.74 Å². The van der Waals surface area contributed by atoms with Gasteiger partial charge in [0.2, 0.25) is 0 Å². The maximum atomic E-state index is 11.2. The van der Waals surface area contributed by atoms with Gasteiger partial charge in [0.25, 0.3) is 0 Å². The molecule has 0 unspecified atom stereocenters. The largest absolute Gasteiger partial charge is 0.477 e. The van der Waals surface area contributed by atoms with E-state index in [1.165, 1.54) is 0 Å². The average molecular weight is 289 g/mol. The first kappa shape index (κ1) is 13.4. The molecule has 104 valence electrons. The van der Waals surface area contributed by atoms with Gasteiger partial charge < -0.3 is 9.84 Å². The van der Waals surface area contributed by atoms with E-state index in [2.05, 4.69) is 4.98 Å². The molecule has 1 N–H and O–H groups in total. The summed E-state index contributed by atoms with van der Waals surface area (Å²) in [6.07, 6.45) is 2.01. The molecule has 2 heterocycles. The van der Waals surface area contributed by atoms with Crippen molar-refractivity contribution in [3.63, 3.8) is 0 Å². The number of carboxylic acid groups (broad SMARTS) is 1. The third-order valence-corrected chi connectivity index (χ3v) is 4.76. The van der Waals surface area contributed by atoms with Crippen LogP contribution >= 0.6 is 11.8 Å². The zero-order valence-electron chi connectivity index (χ0n) is 10.9. The number of hydrogen-bond acceptors (Lipinski definition) is 4. The lowest BCUT2D eigenvalue weighted by Crippen LogP contribution is -2.17. The summed E-state index contributed by atoms with van der Waals surface area (Å²) in [5.41, 5.74) is 0.847. The third-order valence-electron chi connectivity index (χ3n) is 3.36. The Hall–Kier alpha value is -1.59. The summed E-state index contributed by atoms with van der Waals surface area (Å²) in [6.45, 7) is 1.57. The second-order valence-electron chi connectivity index (χ2n) is 4.76. The van der Waals surface area contributed by atoms with E-state index in [-0.39, 0.29) is 5.69 Å². The van der Waals surface area contributed by atoms with Crippen molar-refractivity contribution in [1.82, 2.24) is 4.98 Å². The van der Waals surface area contributed by atoms with E-state index in [0.29, 0.717) is 5.25 Å². The third kappa shape index (κ3) is 2.78. The Morgan fingerprint density at radius 1 is 1.30 bits per heavy atom. The van der Waals surface area contributed by atoms with Crippen molar-refractivity contribution in [1.29, 1.82) is 0 Å². The number of pyridine rings is 1. The topological polar surface area (TPSA) is 59.4 Å². The first-order chi connectivity index (χ1) is 9.74. The molecule has 0 aliphatic carbocycles. The standard InChI is InChI=1S/C15H15NO3S/c17-15(18)13-9-14(20-10-5-7-19-8-6-10)11-3-1-2-4-12(11)16-13/h1-4,9-10H,5-8H2,(H,17,18). The lowest BCUT2D eigenvalue weighted by atomic mass is 10.2. The van der Waals surface area contributed by atoms with Gasteiger partial charge in [0.15, 0.2) is 0 Å². The van der Waals surface area contributed by atoms with E-state index in [1.807, 2.05) is 24.3 Å². The minimum Gasteiger partial charge on any atom is -0.477 e. The summed E-state index contributed by atoms with van der Waals surface area (Å²) in [6, 6.07) is 9.37. The van der Waals surface area contributed by atoms with Crippen molar-refractivity contribution in [3.8, 4) is 0 Å². The van der Waals surface area contributed by atoms with Gasteiger partial charge in [-0.15, -0.1) is 11.8 Å². The smallest absolute Gasteiger partial charge is 0.354 e. The fraction of sp³-hybridized carbons (Fsp3) is 0.333. The molecule has 0 radical (unpaired) electrons. The molecule has 5 heteroatoms. The number of fused-ring (bicyclic) bond motifs is 1. The Morgan fingerprint density at radius 2 is 2.05 bits per heavy atom. The molecule has 0 atom stereocenters. The molecule has 1 aromatic carbocycles. The van der Waals surface area contributed by atoms with Crippen LogP contribution in [0.2, 0.25) is 0 Å². The normalized spacial score (nSPS) is 16.4. The summed E-state index contributed by atoms with van der Waals surface area (Å²) in [7, 11) is 0. The molecule has 20 heavy (non-hydrogen) atoms. The summed E-state index contributed by atoms with van der Waals surface area (Å²) in [5.74, 6) is -0.982. The molecular formula is C15H15NO3S. The molecule has 0 amide bonds. The Bertz CT molecular complexity index is 638. The number of aromatic nitrogens is 1. The monoisotopic (exact) mass is 289 g/mol. The lowest BCUT2D eigenvalue weighted by molar-refractivity contribution is 0.0690. The van der Waals surface area contributed by atoms with Crippen LogP contribution in [0.1, 0.15) is 23.3 Å². The van der Waals surface area contributed by atoms with Gasteiger partial charge in [0, 0.05) is 28.7 Å². The van der Waals surface area contributed by atoms with Gasteiger partial charge in [-0.1, -0.05) is 18.2 Å². The number of thioether (sulfide) groups is 1. The van der Waals surface area contributed by atoms with Crippen LogP contribution in [0.4, 0.5) is 0 Å². The zero-order valence-corrected chi connectivity index (χ0v) is 11.7. The van der Waals surface area contributed by atoms with Gasteiger partial charge in [-0.25, -0.2) is 9.78 Å². The van der Waals surface area contributed by atoms with Gasteiger partial charge in [-0.05, 0) is 25.0 Å². The number of carbonyl (C=O) groups is 1. The number of nitrogens with zero attached hydrogens (tertiary/aromatic N) is 1. The number of aromatic carboxylic acids is 1. The minimum atomic E-state index is -0.982. The highest BCUT2D eigenvalue weighted by Crippen LogP contribution is 2.34. The van der Waals surface area contributed by atoms with Crippen molar-refractivity contribution >= 4 is 28.6 Å². The van der Waals surface area contributed by atoms with E-state index >= 15 is 0 Å². The van der Waals surface area contributed by atoms with Crippen molar-refractivity contribution in [2.45, 2.75) is 23.0 Å². The van der Waals surface area contributed by atoms with Crippen molar-refractivity contribution in [2.75, 3.05) is 13.2 Å². The fourth-order valence-corrected chi connectivity index (χ4v) is 3.59. The van der Waals surface area contributed by atoms with E-state index in [9.17, 15) is 9.90 Å². The molecule has 1 aliphatic rings. The van der Waals surface area contributed by atoms with Crippen molar-refractivity contribution in [3.05, 3.63) is 36.0 Å². The summed E-state index contributed by atoms with van der Waals surface area (Å²) < 4.78 is 5.37. The minimum absolute atomic E-state index is 0.109. The molecule has 2 aromatic rings. The summed E-state index contributed by atoms with van der Waals surface area (Å²) in [5, 5.41) is 10.7. The number of carboxylic acids is 1. The number of hydrogen-bond donors (Lipinski definition) is 1. The molecule has 0 bridgehead atoms. The predicted molar refractivity (Wildman–Crippen MR) is 78.4 cm³/mol. The van der Waals surface area contributed by atoms with Gasteiger partial charge >= 0.3 is 5.97 Å². The zero-order chi connectivity index (χ0) is 13.9. The number of rotatable bonds is 3. The Morgan fingerprint density at radius 3 is 2.80 bits per heavy atom. The maximum Gasteiger partial charge on any atom is 0.354 e. The second-order valence-corrected chi connectivity index (χ2v) is 6.10. The molecular weight excluding hydrogens is 274 g/mol. The molecule has 0 spiro atoms. The lowest BCUT2D eigenvalue weighted by Gasteiger charge is -2.22. The molecule has 1 aromatic heterocycles. The Labute approximate surface area is 121 Å². The quantitative estimate of drug-likeness (QED) is 0.940. The highest BCUT2D eigenvalue weighted by Gasteiger charge is 2.18. The molecule has 1 aliphatic heterocycles. The Kier molecular flexibility index (Phi) is 3.89. The maximum absolute atomic E-state index is 11.2. The van der Waals surface area contributed by atoms with Crippen LogP contribution in [-0.4, -0.2) is 34.5 Å². The first-order valence-corrected chi connectivity index (χ1v) is 7.49. The van der Waals surface area contributed by atoms with E-state index in [0.717, 1.165) is 41.9 Å². The van der Waals surface area contributed by atoms with E-state index in [1.54, 1.807) is 17.8 Å². The number of para-hydroxylation sites is 1. The molecule has 4 nitrogen and oxygen atoms in total. The van der Waals surface area contributed by atoms with Crippen LogP contribution in [0.15, 0.2) is 35.2 Å². The number of benzene rings is 1. The highest BCUT2D eigenvalue weighted by atomic mass is 32.2. The van der Waals surface area contributed by atoms with Crippen LogP contribution in [0.5, 0.6) is 0 Å². The molecule has 0 saturated carbocycles. The fourth-order valence-electron chi connectivity index (χ4n) is 2.32. The van der Waals surface area contributed by atoms with Gasteiger partial charge in [-0.3, -0.25) is 0 Å². The van der Waals surface area contributed by atoms with Crippen LogP contribution < -0.4 is 0 Å². The molecule has 1 saturated heterocycles. The molecule has 1 fully saturated rings. The average Bonchev–Trinajstić information content (AvgIpc) is 2.48. The van der Waals surface area contributed by atoms with Crippen LogP contribution in [0.3, 0.4) is 0 Å².